The molecule has 1 heterocycles. The van der Waals surface area contributed by atoms with Gasteiger partial charge >= 0.3 is 0 Å². The summed E-state index contributed by atoms with van der Waals surface area (Å²) in [6.45, 7) is 7.99. The first kappa shape index (κ1) is 18.7. The molecule has 4 rings (SSSR count). The predicted molar refractivity (Wildman–Crippen MR) is 107 cm³/mol. The van der Waals surface area contributed by atoms with Crippen LogP contribution in [0.15, 0.2) is 42.1 Å². The van der Waals surface area contributed by atoms with E-state index in [1.54, 1.807) is 0 Å². The lowest BCUT2D eigenvalue weighted by atomic mass is 9.72. The van der Waals surface area contributed by atoms with Crippen LogP contribution in [-0.2, 0) is 4.79 Å². The van der Waals surface area contributed by atoms with Crippen molar-refractivity contribution in [2.45, 2.75) is 40.2 Å². The third-order valence-electron chi connectivity index (χ3n) is 5.73. The van der Waals surface area contributed by atoms with Gasteiger partial charge in [0, 0.05) is 17.7 Å². The van der Waals surface area contributed by atoms with E-state index in [4.69, 9.17) is 0 Å². The minimum atomic E-state index is -0.827. The third kappa shape index (κ3) is 3.09. The van der Waals surface area contributed by atoms with Gasteiger partial charge in [-0.1, -0.05) is 26.0 Å². The van der Waals surface area contributed by atoms with Crippen molar-refractivity contribution in [1.82, 2.24) is 0 Å². The average Bonchev–Trinajstić information content (AvgIpc) is 2.71. The molecule has 1 aliphatic heterocycles. The molecule has 28 heavy (non-hydrogen) atoms. The number of carbonyl (C=O) groups is 1. The molecule has 0 saturated carbocycles. The maximum Gasteiger partial charge on any atom is 0.145 e. The molecule has 0 aromatic heterocycles. The van der Waals surface area contributed by atoms with Crippen molar-refractivity contribution in [3.63, 3.8) is 0 Å². The summed E-state index contributed by atoms with van der Waals surface area (Å²) in [5, 5.41) is 6.67. The molecule has 2 N–H and O–H groups in total. The summed E-state index contributed by atoms with van der Waals surface area (Å²) >= 11 is 0. The molecule has 2 aliphatic rings. The first-order valence-electron chi connectivity index (χ1n) is 9.50. The second-order valence-electron chi connectivity index (χ2n) is 8.57. The minimum Gasteiger partial charge on any atom is -0.375 e. The molecule has 0 spiro atoms. The third-order valence-corrected chi connectivity index (χ3v) is 5.73. The smallest absolute Gasteiger partial charge is 0.145 e. The topological polar surface area (TPSA) is 41.1 Å². The van der Waals surface area contributed by atoms with Crippen LogP contribution in [0.1, 0.15) is 43.0 Å². The molecule has 0 radical (unpaired) electrons. The Hall–Kier alpha value is -2.69. The van der Waals surface area contributed by atoms with Gasteiger partial charge in [0.1, 0.15) is 17.4 Å². The van der Waals surface area contributed by atoms with Gasteiger partial charge in [0.2, 0.25) is 0 Å². The number of ketones is 1. The van der Waals surface area contributed by atoms with Gasteiger partial charge in [0.05, 0.1) is 23.3 Å². The minimum absolute atomic E-state index is 0.0311. The highest BCUT2D eigenvalue weighted by Crippen LogP contribution is 2.46. The van der Waals surface area contributed by atoms with Crippen LogP contribution in [0.25, 0.3) is 0 Å². The fourth-order valence-electron chi connectivity index (χ4n) is 4.27. The van der Waals surface area contributed by atoms with Crippen LogP contribution in [0.2, 0.25) is 0 Å². The number of nitrogens with one attached hydrogen (secondary N) is 2. The normalized spacial score (nSPS) is 22.9. The summed E-state index contributed by atoms with van der Waals surface area (Å²) in [4.78, 5) is 13.1. The largest absolute Gasteiger partial charge is 0.375 e. The maximum atomic E-state index is 14.7. The van der Waals surface area contributed by atoms with Crippen molar-refractivity contribution in [2.24, 2.45) is 11.3 Å². The lowest BCUT2D eigenvalue weighted by Gasteiger charge is -2.35. The van der Waals surface area contributed by atoms with E-state index in [0.717, 1.165) is 22.5 Å². The molecular weight excluding hydrogens is 358 g/mol. The SMILES string of the molecule is Cc1cc2c(cc1C)NC(c1c(F)cccc1F)C1C(=O)CC(C)(C)C=C1N2. The number of Topliss-reactive ketones (excluding diaryl/α,β-unsaturated/α-hetero) is 1. The summed E-state index contributed by atoms with van der Waals surface area (Å²) in [7, 11) is 0. The Morgan fingerprint density at radius 2 is 1.64 bits per heavy atom. The summed E-state index contributed by atoms with van der Waals surface area (Å²) in [5.74, 6) is -2.02. The molecule has 2 unspecified atom stereocenters. The van der Waals surface area contributed by atoms with Gasteiger partial charge < -0.3 is 10.6 Å². The lowest BCUT2D eigenvalue weighted by molar-refractivity contribution is -0.124. The molecule has 2 atom stereocenters. The monoisotopic (exact) mass is 382 g/mol. The van der Waals surface area contributed by atoms with Crippen LogP contribution >= 0.6 is 0 Å². The molecular formula is C23H24F2N2O. The quantitative estimate of drug-likeness (QED) is 0.669. The molecule has 146 valence electrons. The van der Waals surface area contributed by atoms with E-state index < -0.39 is 23.6 Å². The molecule has 2 aromatic rings. The highest BCUT2D eigenvalue weighted by molar-refractivity contribution is 5.90. The predicted octanol–water partition coefficient (Wildman–Crippen LogP) is 5.66. The first-order chi connectivity index (χ1) is 13.2. The Balaban J connectivity index is 1.96. The highest BCUT2D eigenvalue weighted by atomic mass is 19.1. The van der Waals surface area contributed by atoms with Gasteiger partial charge in [-0.15, -0.1) is 0 Å². The lowest BCUT2D eigenvalue weighted by Crippen LogP contribution is -2.37. The van der Waals surface area contributed by atoms with Gasteiger partial charge in [0.15, 0.2) is 0 Å². The van der Waals surface area contributed by atoms with Gasteiger partial charge in [-0.05, 0) is 54.7 Å². The Labute approximate surface area is 163 Å². The number of hydrogen-bond acceptors (Lipinski definition) is 3. The van der Waals surface area contributed by atoms with Crippen molar-refractivity contribution >= 4 is 17.2 Å². The van der Waals surface area contributed by atoms with Crippen molar-refractivity contribution in [2.75, 3.05) is 10.6 Å². The zero-order valence-corrected chi connectivity index (χ0v) is 16.5. The second kappa shape index (κ2) is 6.43. The standard InChI is InChI=1S/C23H24F2N2O/c1-12-8-16-17(9-13(12)2)27-22(20-14(24)6-5-7-15(20)25)21-18(26-16)10-23(3,4)11-19(21)28/h5-10,21-22,26-27H,11H2,1-4H3. The van der Waals surface area contributed by atoms with E-state index in [-0.39, 0.29) is 16.8 Å². The van der Waals surface area contributed by atoms with Crippen LogP contribution in [0.5, 0.6) is 0 Å². The summed E-state index contributed by atoms with van der Waals surface area (Å²) in [5.41, 5.74) is 3.98. The molecule has 0 bridgehead atoms. The maximum absolute atomic E-state index is 14.7. The molecule has 0 amide bonds. The number of hydrogen-bond donors (Lipinski definition) is 2. The number of benzene rings is 2. The van der Waals surface area contributed by atoms with Crippen molar-refractivity contribution < 1.29 is 13.6 Å². The van der Waals surface area contributed by atoms with Gasteiger partial charge in [-0.2, -0.15) is 0 Å². The number of halogens is 2. The number of fused-ring (bicyclic) bond motifs is 2. The molecule has 5 heteroatoms. The van der Waals surface area contributed by atoms with Crippen molar-refractivity contribution in [1.29, 1.82) is 0 Å². The zero-order valence-electron chi connectivity index (χ0n) is 16.5. The van der Waals surface area contributed by atoms with E-state index in [9.17, 15) is 13.6 Å². The van der Waals surface area contributed by atoms with Gasteiger partial charge in [-0.3, -0.25) is 4.79 Å². The van der Waals surface area contributed by atoms with Crippen LogP contribution in [0, 0.1) is 36.8 Å². The van der Waals surface area contributed by atoms with E-state index >= 15 is 0 Å². The molecule has 0 saturated heterocycles. The van der Waals surface area contributed by atoms with E-state index in [1.807, 2.05) is 45.9 Å². The number of aryl methyl sites for hydroxylation is 2. The van der Waals surface area contributed by atoms with Crippen LogP contribution in [0.4, 0.5) is 20.2 Å². The number of carbonyl (C=O) groups excluding carboxylic acids is 1. The Kier molecular flexibility index (Phi) is 4.29. The average molecular weight is 382 g/mol. The zero-order chi connectivity index (χ0) is 20.2. The number of allylic oxidation sites excluding steroid dienone is 1. The second-order valence-corrected chi connectivity index (χ2v) is 8.57. The van der Waals surface area contributed by atoms with Crippen LogP contribution < -0.4 is 10.6 Å². The van der Waals surface area contributed by atoms with Gasteiger partial charge in [-0.25, -0.2) is 8.78 Å². The van der Waals surface area contributed by atoms with E-state index in [2.05, 4.69) is 10.6 Å². The Morgan fingerprint density at radius 1 is 1.04 bits per heavy atom. The summed E-state index contributed by atoms with van der Waals surface area (Å²) in [6.07, 6.45) is 2.35. The summed E-state index contributed by atoms with van der Waals surface area (Å²) < 4.78 is 29.4. The van der Waals surface area contributed by atoms with Crippen molar-refractivity contribution in [3.8, 4) is 0 Å². The molecule has 0 fully saturated rings. The van der Waals surface area contributed by atoms with E-state index in [1.165, 1.54) is 18.2 Å². The Bertz CT molecular complexity index is 990. The number of anilines is 2. The number of rotatable bonds is 1. The molecule has 1 aliphatic carbocycles. The van der Waals surface area contributed by atoms with Crippen LogP contribution in [0.3, 0.4) is 0 Å². The van der Waals surface area contributed by atoms with Crippen molar-refractivity contribution in [3.05, 3.63) is 70.4 Å². The highest BCUT2D eigenvalue weighted by Gasteiger charge is 2.43. The summed E-state index contributed by atoms with van der Waals surface area (Å²) in [6, 6.07) is 6.94. The Morgan fingerprint density at radius 3 is 2.29 bits per heavy atom. The van der Waals surface area contributed by atoms with Gasteiger partial charge in [0.25, 0.3) is 0 Å². The fourth-order valence-corrected chi connectivity index (χ4v) is 4.27. The molecule has 3 nitrogen and oxygen atoms in total. The molecule has 2 aromatic carbocycles. The van der Waals surface area contributed by atoms with Crippen LogP contribution in [-0.4, -0.2) is 5.78 Å². The fraction of sp³-hybridized carbons (Fsp3) is 0.348. The van der Waals surface area contributed by atoms with E-state index in [0.29, 0.717) is 12.1 Å². The first-order valence-corrected chi connectivity index (χ1v) is 9.50.